The zero-order valence-electron chi connectivity index (χ0n) is 14.9. The van der Waals surface area contributed by atoms with Crippen LogP contribution in [0.3, 0.4) is 0 Å². The summed E-state index contributed by atoms with van der Waals surface area (Å²) in [7, 11) is 0. The highest BCUT2D eigenvalue weighted by Crippen LogP contribution is 2.17. The lowest BCUT2D eigenvalue weighted by molar-refractivity contribution is -0.130. The molecule has 1 aromatic carbocycles. The Balaban J connectivity index is 1.38. The molecule has 1 fully saturated rings. The summed E-state index contributed by atoms with van der Waals surface area (Å²) < 4.78 is 28.3. The Hall–Kier alpha value is -3.43. The van der Waals surface area contributed by atoms with Gasteiger partial charge in [-0.2, -0.15) is 5.10 Å². The Morgan fingerprint density at radius 1 is 1.00 bits per heavy atom. The molecule has 2 aromatic heterocycles. The number of aromatic nitrogens is 5. The third-order valence-electron chi connectivity index (χ3n) is 4.60. The van der Waals surface area contributed by atoms with E-state index in [-0.39, 0.29) is 17.9 Å². The molecule has 0 saturated carbocycles. The SMILES string of the molecule is O=C(Cc1ccc(F)cc1F)N1CCN(c2cc(-n3cncn3)ncn2)CC1. The fourth-order valence-corrected chi connectivity index (χ4v) is 3.09. The number of anilines is 1. The maximum atomic E-state index is 13.8. The first-order valence-corrected chi connectivity index (χ1v) is 8.74. The minimum Gasteiger partial charge on any atom is -0.353 e. The second kappa shape index (κ2) is 7.67. The molecule has 0 spiro atoms. The molecular weight excluding hydrogens is 368 g/mol. The average Bonchev–Trinajstić information content (AvgIpc) is 3.25. The van der Waals surface area contributed by atoms with Crippen molar-refractivity contribution in [2.75, 3.05) is 31.1 Å². The number of benzene rings is 1. The fraction of sp³-hybridized carbons (Fsp3) is 0.278. The molecule has 0 atom stereocenters. The summed E-state index contributed by atoms with van der Waals surface area (Å²) in [5, 5.41) is 4.05. The molecule has 28 heavy (non-hydrogen) atoms. The smallest absolute Gasteiger partial charge is 0.227 e. The lowest BCUT2D eigenvalue weighted by Gasteiger charge is -2.35. The number of carbonyl (C=O) groups is 1. The quantitative estimate of drug-likeness (QED) is 0.672. The number of halogens is 2. The number of nitrogens with zero attached hydrogens (tertiary/aromatic N) is 7. The van der Waals surface area contributed by atoms with Crippen LogP contribution >= 0.6 is 0 Å². The van der Waals surface area contributed by atoms with E-state index in [1.165, 1.54) is 18.7 Å². The van der Waals surface area contributed by atoms with Crippen molar-refractivity contribution in [2.45, 2.75) is 6.42 Å². The van der Waals surface area contributed by atoms with Crippen molar-refractivity contribution in [1.82, 2.24) is 29.6 Å². The van der Waals surface area contributed by atoms with Crippen molar-refractivity contribution in [3.8, 4) is 5.82 Å². The standard InChI is InChI=1S/C18H17F2N7O/c19-14-2-1-13(15(20)8-14)7-18(28)26-5-3-25(4-6-26)16-9-17(23-11-22-16)27-12-21-10-24-27/h1-2,8-12H,3-7H2. The van der Waals surface area contributed by atoms with E-state index in [0.29, 0.717) is 32.0 Å². The van der Waals surface area contributed by atoms with Gasteiger partial charge in [0.15, 0.2) is 5.82 Å². The fourth-order valence-electron chi connectivity index (χ4n) is 3.09. The molecule has 8 nitrogen and oxygen atoms in total. The monoisotopic (exact) mass is 385 g/mol. The molecule has 0 radical (unpaired) electrons. The van der Waals surface area contributed by atoms with Crippen LogP contribution in [0.4, 0.5) is 14.6 Å². The molecular formula is C18H17F2N7O. The minimum absolute atomic E-state index is 0.0872. The molecule has 0 aliphatic carbocycles. The predicted octanol–water partition coefficient (Wildman–Crippen LogP) is 1.23. The molecule has 10 heteroatoms. The summed E-state index contributed by atoms with van der Waals surface area (Å²) >= 11 is 0. The third-order valence-corrected chi connectivity index (χ3v) is 4.60. The van der Waals surface area contributed by atoms with E-state index >= 15 is 0 Å². The van der Waals surface area contributed by atoms with Gasteiger partial charge >= 0.3 is 0 Å². The summed E-state index contributed by atoms with van der Waals surface area (Å²) in [6.45, 7) is 2.16. The Labute approximate surface area is 159 Å². The van der Waals surface area contributed by atoms with E-state index in [0.717, 1.165) is 18.0 Å². The van der Waals surface area contributed by atoms with Crippen molar-refractivity contribution < 1.29 is 13.6 Å². The molecule has 0 N–H and O–H groups in total. The highest BCUT2D eigenvalue weighted by atomic mass is 19.1. The number of carbonyl (C=O) groups excluding carboxylic acids is 1. The summed E-state index contributed by atoms with van der Waals surface area (Å²) in [5.41, 5.74) is 0.196. The maximum absolute atomic E-state index is 13.8. The van der Waals surface area contributed by atoms with E-state index in [4.69, 9.17) is 0 Å². The minimum atomic E-state index is -0.700. The normalized spacial score (nSPS) is 14.4. The first kappa shape index (κ1) is 18.0. The molecule has 3 aromatic rings. The Morgan fingerprint density at radius 3 is 2.50 bits per heavy atom. The molecule has 1 saturated heterocycles. The number of hydrogen-bond acceptors (Lipinski definition) is 6. The zero-order chi connectivity index (χ0) is 19.5. The van der Waals surface area contributed by atoms with Crippen LogP contribution in [0.15, 0.2) is 43.2 Å². The van der Waals surface area contributed by atoms with Gasteiger partial charge in [-0.05, 0) is 11.6 Å². The van der Waals surface area contributed by atoms with Gasteiger partial charge in [-0.3, -0.25) is 4.79 Å². The van der Waals surface area contributed by atoms with E-state index in [1.807, 2.05) is 4.90 Å². The average molecular weight is 385 g/mol. The number of hydrogen-bond donors (Lipinski definition) is 0. The number of piperazine rings is 1. The molecule has 1 aliphatic heterocycles. The van der Waals surface area contributed by atoms with Gasteiger partial charge in [-0.25, -0.2) is 28.4 Å². The summed E-state index contributed by atoms with van der Waals surface area (Å²) in [6.07, 6.45) is 4.35. The van der Waals surface area contributed by atoms with E-state index in [1.54, 1.807) is 22.0 Å². The van der Waals surface area contributed by atoms with Crippen LogP contribution in [0.1, 0.15) is 5.56 Å². The molecule has 0 bridgehead atoms. The van der Waals surface area contributed by atoms with Crippen LogP contribution in [0.2, 0.25) is 0 Å². The van der Waals surface area contributed by atoms with Gasteiger partial charge in [0.25, 0.3) is 0 Å². The summed E-state index contributed by atoms with van der Waals surface area (Å²) in [4.78, 5) is 28.6. The lowest BCUT2D eigenvalue weighted by Crippen LogP contribution is -2.49. The van der Waals surface area contributed by atoms with Gasteiger partial charge in [-0.1, -0.05) is 6.07 Å². The summed E-state index contributed by atoms with van der Waals surface area (Å²) in [5.74, 6) is -0.202. The van der Waals surface area contributed by atoms with Crippen LogP contribution in [-0.4, -0.2) is 61.7 Å². The van der Waals surface area contributed by atoms with E-state index < -0.39 is 11.6 Å². The molecule has 144 valence electrons. The van der Waals surface area contributed by atoms with E-state index in [2.05, 4.69) is 20.1 Å². The number of amides is 1. The lowest BCUT2D eigenvalue weighted by atomic mass is 10.1. The molecule has 1 amide bonds. The second-order valence-corrected chi connectivity index (χ2v) is 6.35. The highest BCUT2D eigenvalue weighted by Gasteiger charge is 2.23. The second-order valence-electron chi connectivity index (χ2n) is 6.35. The van der Waals surface area contributed by atoms with Crippen molar-refractivity contribution in [3.63, 3.8) is 0 Å². The molecule has 1 aliphatic rings. The van der Waals surface area contributed by atoms with Crippen LogP contribution in [0.25, 0.3) is 5.82 Å². The van der Waals surface area contributed by atoms with Crippen molar-refractivity contribution in [1.29, 1.82) is 0 Å². The van der Waals surface area contributed by atoms with Gasteiger partial charge in [0, 0.05) is 38.3 Å². The van der Waals surface area contributed by atoms with Crippen LogP contribution in [0.5, 0.6) is 0 Å². The number of rotatable bonds is 4. The third kappa shape index (κ3) is 3.80. The maximum Gasteiger partial charge on any atom is 0.227 e. The molecule has 4 rings (SSSR count). The van der Waals surface area contributed by atoms with Crippen LogP contribution < -0.4 is 4.90 Å². The Bertz CT molecular complexity index is 972. The van der Waals surface area contributed by atoms with Crippen LogP contribution in [0, 0.1) is 11.6 Å². The highest BCUT2D eigenvalue weighted by molar-refractivity contribution is 5.79. The van der Waals surface area contributed by atoms with Gasteiger partial charge in [0.1, 0.15) is 36.4 Å². The molecule has 3 heterocycles. The predicted molar refractivity (Wildman–Crippen MR) is 95.8 cm³/mol. The van der Waals surface area contributed by atoms with Crippen molar-refractivity contribution in [2.24, 2.45) is 0 Å². The molecule has 0 unspecified atom stereocenters. The van der Waals surface area contributed by atoms with Crippen molar-refractivity contribution in [3.05, 3.63) is 60.4 Å². The van der Waals surface area contributed by atoms with E-state index in [9.17, 15) is 13.6 Å². The van der Waals surface area contributed by atoms with Gasteiger partial charge < -0.3 is 9.80 Å². The van der Waals surface area contributed by atoms with Gasteiger partial charge in [-0.15, -0.1) is 0 Å². The Kier molecular flexibility index (Phi) is 4.92. The summed E-state index contributed by atoms with van der Waals surface area (Å²) in [6, 6.07) is 5.07. The first-order chi connectivity index (χ1) is 13.6. The largest absolute Gasteiger partial charge is 0.353 e. The first-order valence-electron chi connectivity index (χ1n) is 8.74. The van der Waals surface area contributed by atoms with Crippen LogP contribution in [-0.2, 0) is 11.2 Å². The topological polar surface area (TPSA) is 80.0 Å². The Morgan fingerprint density at radius 2 is 1.79 bits per heavy atom. The van der Waals surface area contributed by atoms with Gasteiger partial charge in [0.05, 0.1) is 6.42 Å². The van der Waals surface area contributed by atoms with Crippen molar-refractivity contribution >= 4 is 11.7 Å². The zero-order valence-corrected chi connectivity index (χ0v) is 14.9. The van der Waals surface area contributed by atoms with Gasteiger partial charge in [0.2, 0.25) is 5.91 Å².